The van der Waals surface area contributed by atoms with Crippen molar-refractivity contribution in [2.24, 2.45) is 0 Å². The first-order valence-corrected chi connectivity index (χ1v) is 11.5. The van der Waals surface area contributed by atoms with E-state index in [1.54, 1.807) is 0 Å². The topological polar surface area (TPSA) is 119 Å². The average Bonchev–Trinajstić information content (AvgIpc) is 3.17. The molecule has 0 aliphatic heterocycles. The Morgan fingerprint density at radius 2 is 1.14 bits per heavy atom. The fraction of sp³-hybridized carbons (Fsp3) is 0. The summed E-state index contributed by atoms with van der Waals surface area (Å²) in [6, 6.07) is 29.1. The van der Waals surface area contributed by atoms with E-state index >= 15 is 0 Å². The Labute approximate surface area is 175 Å². The predicted molar refractivity (Wildman–Crippen MR) is 96.7 cm³/mol. The summed E-state index contributed by atoms with van der Waals surface area (Å²) in [5, 5.41) is 0. The molecule has 0 amide bonds. The van der Waals surface area contributed by atoms with Gasteiger partial charge in [0, 0.05) is 0 Å². The Morgan fingerprint density at radius 1 is 0.655 bits per heavy atom. The Hall–Kier alpha value is -2.48. The summed E-state index contributed by atoms with van der Waals surface area (Å²) >= 11 is 0.198. The molecule has 0 aliphatic rings. The summed E-state index contributed by atoms with van der Waals surface area (Å²) in [5.74, 6) is 0.938. The number of benzene rings is 3. The van der Waals surface area contributed by atoms with Crippen LogP contribution in [0.4, 0.5) is 5.69 Å². The third kappa shape index (κ3) is 7.12. The number of rotatable bonds is 3. The van der Waals surface area contributed by atoms with Gasteiger partial charge >= 0.3 is 146 Å². The number of halogens is 1. The molecule has 4 aromatic rings. The van der Waals surface area contributed by atoms with Crippen LogP contribution in [0, 0.1) is 10.2 Å². The van der Waals surface area contributed by atoms with Crippen molar-refractivity contribution in [3.63, 3.8) is 0 Å². The van der Waals surface area contributed by atoms with Crippen LogP contribution in [0.25, 0.3) is 22.5 Å². The molecule has 0 radical (unpaired) electrons. The zero-order valence-electron chi connectivity index (χ0n) is 15.0. The van der Waals surface area contributed by atoms with Gasteiger partial charge in [0.15, 0.2) is 0 Å². The van der Waals surface area contributed by atoms with Gasteiger partial charge in [-0.05, 0) is 0 Å². The zero-order chi connectivity index (χ0) is 20.7. The second-order valence-electron chi connectivity index (χ2n) is 5.80. The molecule has 0 saturated carbocycles. The van der Waals surface area contributed by atoms with Crippen molar-refractivity contribution in [2.75, 3.05) is 0 Å². The summed E-state index contributed by atoms with van der Waals surface area (Å²) in [7, 11) is -4.94. The molecule has 29 heavy (non-hydrogen) atoms. The van der Waals surface area contributed by atoms with Crippen molar-refractivity contribution >= 4 is 20.2 Å². The fourth-order valence-electron chi connectivity index (χ4n) is 2.53. The van der Waals surface area contributed by atoms with E-state index in [0.29, 0.717) is 0 Å². The maximum absolute atomic E-state index is 8.49. The first kappa shape index (κ1) is 21.2. The molecule has 0 aliphatic carbocycles. The first-order valence-electron chi connectivity index (χ1n) is 8.40. The Morgan fingerprint density at radius 3 is 1.72 bits per heavy atom. The van der Waals surface area contributed by atoms with Gasteiger partial charge in [0.05, 0.1) is 0 Å². The van der Waals surface area contributed by atoms with Crippen LogP contribution in [0.5, 0.6) is 0 Å². The zero-order valence-corrected chi connectivity index (χ0v) is 17.5. The molecule has 0 unspecified atom stereocenters. The van der Waals surface area contributed by atoms with Crippen molar-refractivity contribution in [2.45, 2.75) is 0 Å². The van der Waals surface area contributed by atoms with Gasteiger partial charge < -0.3 is 0 Å². The van der Waals surface area contributed by atoms with E-state index in [2.05, 4.69) is 58.5 Å². The van der Waals surface area contributed by atoms with Crippen LogP contribution in [0.3, 0.4) is 0 Å². The van der Waals surface area contributed by atoms with Crippen molar-refractivity contribution in [1.82, 2.24) is 0 Å². The van der Waals surface area contributed by atoms with Crippen molar-refractivity contribution in [3.05, 3.63) is 94.3 Å². The minimum atomic E-state index is -4.94. The van der Waals surface area contributed by atoms with Crippen LogP contribution in [0.2, 0.25) is 0 Å². The Kier molecular flexibility index (Phi) is 7.19. The van der Waals surface area contributed by atoms with Crippen LogP contribution in [-0.4, -0.2) is 14.5 Å². The molecular formula is C21H16ClNO5Se. The van der Waals surface area contributed by atoms with Gasteiger partial charge in [-0.3, -0.25) is 0 Å². The molecule has 0 bridgehead atoms. The average molecular weight is 477 g/mol. The summed E-state index contributed by atoms with van der Waals surface area (Å²) in [5.41, 5.74) is 4.62. The number of hydrogen-bond donors (Lipinski definition) is 1. The molecule has 8 heteroatoms. The number of para-hydroxylation sites is 1. The standard InChI is InChI=1S/C21H15NOSe.ClHO4/c1-3-7-16(8-4-1)17-11-13-18(14-12-17)20-15-24-21(23-20)22-19-9-5-2-6-10-19;2-1(3,4)5/h1-15H;(H,2,3,4,5). The molecule has 0 atom stereocenters. The summed E-state index contributed by atoms with van der Waals surface area (Å²) < 4.78 is 40.9. The van der Waals surface area contributed by atoms with Crippen LogP contribution in [0.1, 0.15) is 0 Å². The van der Waals surface area contributed by atoms with E-state index in [9.17, 15) is 0 Å². The van der Waals surface area contributed by atoms with E-state index in [-0.39, 0.29) is 14.5 Å². The van der Waals surface area contributed by atoms with Crippen LogP contribution < -0.4 is 28.1 Å². The quantitative estimate of drug-likeness (QED) is 0.351. The molecule has 1 heterocycles. The third-order valence-corrected chi connectivity index (χ3v) is 5.31. The van der Waals surface area contributed by atoms with E-state index in [1.807, 2.05) is 36.4 Å². The Bertz CT molecular complexity index is 1080. The summed E-state index contributed by atoms with van der Waals surface area (Å²) in [6.07, 6.45) is 0. The van der Waals surface area contributed by atoms with Crippen molar-refractivity contribution in [3.8, 4) is 22.5 Å². The number of nitrogens with one attached hydrogen (secondary N) is 1. The molecule has 0 saturated heterocycles. The van der Waals surface area contributed by atoms with Crippen LogP contribution in [0.15, 0.2) is 94.3 Å². The van der Waals surface area contributed by atoms with E-state index in [0.717, 1.165) is 21.4 Å². The molecular weight excluding hydrogens is 461 g/mol. The van der Waals surface area contributed by atoms with Gasteiger partial charge in [0.1, 0.15) is 0 Å². The summed E-state index contributed by atoms with van der Waals surface area (Å²) in [4.78, 5) is 5.52. The fourth-order valence-corrected chi connectivity index (χ4v) is 4.03. The van der Waals surface area contributed by atoms with Crippen molar-refractivity contribution < 1.29 is 38.3 Å². The maximum atomic E-state index is 8.49. The molecule has 6 nitrogen and oxygen atoms in total. The van der Waals surface area contributed by atoms with Crippen molar-refractivity contribution in [1.29, 1.82) is 0 Å². The summed E-state index contributed by atoms with van der Waals surface area (Å²) in [6.45, 7) is 0. The molecule has 1 aromatic heterocycles. The second-order valence-corrected chi connectivity index (χ2v) is 8.32. The normalized spacial score (nSPS) is 11.7. The van der Waals surface area contributed by atoms with Crippen LogP contribution >= 0.6 is 0 Å². The van der Waals surface area contributed by atoms with Gasteiger partial charge in [-0.2, -0.15) is 0 Å². The molecule has 1 N–H and O–H groups in total. The van der Waals surface area contributed by atoms with E-state index in [4.69, 9.17) is 23.1 Å². The van der Waals surface area contributed by atoms with Gasteiger partial charge in [0.25, 0.3) is 0 Å². The molecule has 3 aromatic carbocycles. The van der Waals surface area contributed by atoms with Gasteiger partial charge in [0.2, 0.25) is 0 Å². The number of hydrogen-bond acceptors (Lipinski definition) is 5. The minimum absolute atomic E-state index is 0.198. The van der Waals surface area contributed by atoms with Gasteiger partial charge in [-0.15, -0.1) is 10.2 Å². The van der Waals surface area contributed by atoms with Gasteiger partial charge in [-0.25, -0.2) is 18.6 Å². The molecule has 0 spiro atoms. The van der Waals surface area contributed by atoms with E-state index < -0.39 is 10.2 Å². The Balaban J connectivity index is 0.000000431. The van der Waals surface area contributed by atoms with Gasteiger partial charge in [-0.1, -0.05) is 0 Å². The molecule has 148 valence electrons. The third-order valence-electron chi connectivity index (χ3n) is 3.77. The van der Waals surface area contributed by atoms with Crippen LogP contribution in [-0.2, 0) is 0 Å². The molecule has 4 rings (SSSR count). The predicted octanol–water partition coefficient (Wildman–Crippen LogP) is -1.77. The SMILES string of the molecule is [O-][Cl+3]([O-])([O-])[O-].c1ccc([NH+]=c2oc(-c3ccc(-c4ccccc4)cc3)c[se]2)cc1. The monoisotopic (exact) mass is 477 g/mol. The first-order chi connectivity index (χ1) is 13.9. The molecule has 0 fully saturated rings. The van der Waals surface area contributed by atoms with E-state index in [1.165, 1.54) is 11.1 Å². The second kappa shape index (κ2) is 9.82.